The van der Waals surface area contributed by atoms with E-state index in [1.54, 1.807) is 0 Å². The third kappa shape index (κ3) is 4.33. The number of rotatable bonds is 5. The molecule has 4 heteroatoms. The quantitative estimate of drug-likeness (QED) is 0.720. The van der Waals surface area contributed by atoms with Crippen LogP contribution in [-0.4, -0.2) is 36.0 Å². The Kier molecular flexibility index (Phi) is 5.33. The van der Waals surface area contributed by atoms with E-state index >= 15 is 0 Å². The molecule has 2 atom stereocenters. The van der Waals surface area contributed by atoms with Crippen LogP contribution in [0.15, 0.2) is 0 Å². The van der Waals surface area contributed by atoms with Crippen LogP contribution in [0, 0.1) is 0 Å². The van der Waals surface area contributed by atoms with Crippen LogP contribution in [0.25, 0.3) is 0 Å². The normalized spacial score (nSPS) is 23.4. The van der Waals surface area contributed by atoms with Gasteiger partial charge in [-0.05, 0) is 25.5 Å². The molecule has 1 amide bonds. The Hall–Kier alpha value is -0.220. The molecule has 1 aliphatic heterocycles. The van der Waals surface area contributed by atoms with Crippen LogP contribution in [0.1, 0.15) is 26.7 Å². The van der Waals surface area contributed by atoms with Gasteiger partial charge in [0.25, 0.3) is 0 Å². The summed E-state index contributed by atoms with van der Waals surface area (Å²) in [6.07, 6.45) is 2.19. The first-order valence-electron chi connectivity index (χ1n) is 5.33. The second-order valence-electron chi connectivity index (χ2n) is 3.82. The Morgan fingerprint density at radius 2 is 2.43 bits per heavy atom. The highest BCUT2D eigenvalue weighted by molar-refractivity contribution is 7.99. The number of carbonyl (C=O) groups is 1. The van der Waals surface area contributed by atoms with Crippen molar-refractivity contribution in [2.75, 3.05) is 18.1 Å². The van der Waals surface area contributed by atoms with Gasteiger partial charge in [0.2, 0.25) is 5.91 Å². The Morgan fingerprint density at radius 1 is 1.64 bits per heavy atom. The zero-order chi connectivity index (χ0) is 10.4. The van der Waals surface area contributed by atoms with Gasteiger partial charge >= 0.3 is 0 Å². The summed E-state index contributed by atoms with van der Waals surface area (Å²) in [7, 11) is 0. The Bertz CT molecular complexity index is 181. The number of hydrogen-bond acceptors (Lipinski definition) is 3. The Labute approximate surface area is 90.4 Å². The lowest BCUT2D eigenvalue weighted by atomic mass is 10.2. The zero-order valence-electron chi connectivity index (χ0n) is 9.01. The lowest BCUT2D eigenvalue weighted by Crippen LogP contribution is -2.42. The maximum absolute atomic E-state index is 11.4. The summed E-state index contributed by atoms with van der Waals surface area (Å²) in [5.41, 5.74) is 0. The third-order valence-corrected chi connectivity index (χ3v) is 3.66. The SMILES string of the molecule is CCC(C)NC(=O)CNC1CCSC1. The standard InChI is InChI=1S/C10H20N2OS/c1-3-8(2)12-10(13)6-11-9-4-5-14-7-9/h8-9,11H,3-7H2,1-2H3,(H,12,13). The molecule has 0 aromatic rings. The summed E-state index contributed by atoms with van der Waals surface area (Å²) in [5.74, 6) is 2.50. The molecule has 1 saturated heterocycles. The van der Waals surface area contributed by atoms with Crippen molar-refractivity contribution in [1.82, 2.24) is 10.6 Å². The van der Waals surface area contributed by atoms with E-state index in [0.29, 0.717) is 18.6 Å². The maximum atomic E-state index is 11.4. The molecule has 1 fully saturated rings. The van der Waals surface area contributed by atoms with Gasteiger partial charge in [-0.25, -0.2) is 0 Å². The summed E-state index contributed by atoms with van der Waals surface area (Å²) < 4.78 is 0. The summed E-state index contributed by atoms with van der Waals surface area (Å²) in [5, 5.41) is 6.22. The van der Waals surface area contributed by atoms with Crippen molar-refractivity contribution in [3.8, 4) is 0 Å². The zero-order valence-corrected chi connectivity index (χ0v) is 9.82. The van der Waals surface area contributed by atoms with E-state index in [4.69, 9.17) is 0 Å². The first kappa shape index (κ1) is 11.9. The van der Waals surface area contributed by atoms with Gasteiger partial charge in [-0.2, -0.15) is 11.8 Å². The van der Waals surface area contributed by atoms with E-state index < -0.39 is 0 Å². The van der Waals surface area contributed by atoms with Gasteiger partial charge < -0.3 is 10.6 Å². The van der Waals surface area contributed by atoms with Crippen LogP contribution in [0.2, 0.25) is 0 Å². The minimum atomic E-state index is 0.122. The molecule has 0 radical (unpaired) electrons. The highest BCUT2D eigenvalue weighted by Gasteiger charge is 2.15. The molecule has 2 unspecified atom stereocenters. The molecule has 1 rings (SSSR count). The van der Waals surface area contributed by atoms with Gasteiger partial charge in [0.05, 0.1) is 6.54 Å². The van der Waals surface area contributed by atoms with Crippen molar-refractivity contribution in [3.63, 3.8) is 0 Å². The fourth-order valence-corrected chi connectivity index (χ4v) is 2.55. The molecular formula is C10H20N2OS. The fourth-order valence-electron chi connectivity index (χ4n) is 1.36. The van der Waals surface area contributed by atoms with Crippen molar-refractivity contribution in [1.29, 1.82) is 0 Å². The lowest BCUT2D eigenvalue weighted by Gasteiger charge is -2.14. The highest BCUT2D eigenvalue weighted by Crippen LogP contribution is 2.16. The van der Waals surface area contributed by atoms with E-state index in [1.165, 1.54) is 12.2 Å². The number of thioether (sulfide) groups is 1. The summed E-state index contributed by atoms with van der Waals surface area (Å²) in [6, 6.07) is 0.838. The van der Waals surface area contributed by atoms with E-state index in [0.717, 1.165) is 12.2 Å². The molecule has 0 aliphatic carbocycles. The molecule has 0 aromatic heterocycles. The molecule has 0 aromatic carbocycles. The molecule has 0 bridgehead atoms. The monoisotopic (exact) mass is 216 g/mol. The van der Waals surface area contributed by atoms with E-state index in [-0.39, 0.29) is 5.91 Å². The minimum Gasteiger partial charge on any atom is -0.353 e. The Balaban J connectivity index is 2.08. The first-order valence-corrected chi connectivity index (χ1v) is 6.48. The van der Waals surface area contributed by atoms with Crippen LogP contribution < -0.4 is 10.6 Å². The van der Waals surface area contributed by atoms with Crippen LogP contribution in [0.5, 0.6) is 0 Å². The maximum Gasteiger partial charge on any atom is 0.234 e. The molecular weight excluding hydrogens is 196 g/mol. The molecule has 1 heterocycles. The molecule has 2 N–H and O–H groups in total. The lowest BCUT2D eigenvalue weighted by molar-refractivity contribution is -0.120. The average molecular weight is 216 g/mol. The van der Waals surface area contributed by atoms with Crippen LogP contribution in [0.3, 0.4) is 0 Å². The van der Waals surface area contributed by atoms with Crippen LogP contribution >= 0.6 is 11.8 Å². The molecule has 0 spiro atoms. The second kappa shape index (κ2) is 6.30. The third-order valence-electron chi connectivity index (χ3n) is 2.50. The molecule has 82 valence electrons. The summed E-state index contributed by atoms with van der Waals surface area (Å²) in [6.45, 7) is 4.57. The fraction of sp³-hybridized carbons (Fsp3) is 0.900. The molecule has 0 saturated carbocycles. The second-order valence-corrected chi connectivity index (χ2v) is 4.97. The van der Waals surface area contributed by atoms with Gasteiger partial charge in [0.1, 0.15) is 0 Å². The number of amides is 1. The van der Waals surface area contributed by atoms with Crippen molar-refractivity contribution in [2.45, 2.75) is 38.8 Å². The Morgan fingerprint density at radius 3 is 3.00 bits per heavy atom. The van der Waals surface area contributed by atoms with Crippen molar-refractivity contribution < 1.29 is 4.79 Å². The molecule has 1 aliphatic rings. The summed E-state index contributed by atoms with van der Waals surface area (Å²) in [4.78, 5) is 11.4. The van der Waals surface area contributed by atoms with Gasteiger partial charge in [-0.15, -0.1) is 0 Å². The predicted octanol–water partition coefficient (Wildman–Crippen LogP) is 0.996. The first-order chi connectivity index (χ1) is 6.72. The van der Waals surface area contributed by atoms with E-state index in [2.05, 4.69) is 17.6 Å². The number of carbonyl (C=O) groups excluding carboxylic acids is 1. The van der Waals surface area contributed by atoms with Crippen molar-refractivity contribution >= 4 is 17.7 Å². The van der Waals surface area contributed by atoms with Gasteiger partial charge in [-0.3, -0.25) is 4.79 Å². The van der Waals surface area contributed by atoms with Gasteiger partial charge in [-0.1, -0.05) is 6.92 Å². The van der Waals surface area contributed by atoms with E-state index in [1.807, 2.05) is 18.7 Å². The smallest absolute Gasteiger partial charge is 0.234 e. The highest BCUT2D eigenvalue weighted by atomic mass is 32.2. The van der Waals surface area contributed by atoms with Crippen molar-refractivity contribution in [3.05, 3.63) is 0 Å². The number of hydrogen-bond donors (Lipinski definition) is 2. The van der Waals surface area contributed by atoms with Crippen LogP contribution in [-0.2, 0) is 4.79 Å². The van der Waals surface area contributed by atoms with Crippen molar-refractivity contribution in [2.24, 2.45) is 0 Å². The topological polar surface area (TPSA) is 41.1 Å². The van der Waals surface area contributed by atoms with E-state index in [9.17, 15) is 4.79 Å². The molecule has 3 nitrogen and oxygen atoms in total. The predicted molar refractivity (Wildman–Crippen MR) is 61.6 cm³/mol. The van der Waals surface area contributed by atoms with Crippen LogP contribution in [0.4, 0.5) is 0 Å². The summed E-state index contributed by atoms with van der Waals surface area (Å²) >= 11 is 1.96. The largest absolute Gasteiger partial charge is 0.353 e. The van der Waals surface area contributed by atoms with Gasteiger partial charge in [0.15, 0.2) is 0 Å². The van der Waals surface area contributed by atoms with Gasteiger partial charge in [0, 0.05) is 17.8 Å². The number of nitrogens with one attached hydrogen (secondary N) is 2. The molecule has 14 heavy (non-hydrogen) atoms. The average Bonchev–Trinajstić information content (AvgIpc) is 2.67. The minimum absolute atomic E-state index is 0.122.